The molecule has 0 unspecified atom stereocenters. The molecular formula is C3H8OSi. The SMILES string of the molecule is OC1C[SiH2]C1. The van der Waals surface area contributed by atoms with Gasteiger partial charge in [-0.15, -0.1) is 0 Å². The molecule has 1 nitrogen and oxygen atoms in total. The first-order valence-electron chi connectivity index (χ1n) is 2.07. The van der Waals surface area contributed by atoms with E-state index in [0.717, 1.165) is 0 Å². The molecule has 1 fully saturated rings. The van der Waals surface area contributed by atoms with Gasteiger partial charge < -0.3 is 5.11 Å². The topological polar surface area (TPSA) is 20.2 Å². The van der Waals surface area contributed by atoms with Gasteiger partial charge in [0, 0.05) is 15.6 Å². The van der Waals surface area contributed by atoms with E-state index in [1.807, 2.05) is 0 Å². The van der Waals surface area contributed by atoms with Gasteiger partial charge in [-0.1, -0.05) is 0 Å². The zero-order valence-corrected chi connectivity index (χ0v) is 4.56. The molecule has 1 rings (SSSR count). The predicted molar refractivity (Wildman–Crippen MR) is 24.2 cm³/mol. The number of aliphatic hydroxyl groups excluding tert-OH is 1. The van der Waals surface area contributed by atoms with Gasteiger partial charge in [-0.2, -0.15) is 0 Å². The lowest BCUT2D eigenvalue weighted by atomic mass is 10.5. The molecule has 0 aromatic heterocycles. The third kappa shape index (κ3) is 0.519. The lowest BCUT2D eigenvalue weighted by Gasteiger charge is -2.16. The van der Waals surface area contributed by atoms with Crippen LogP contribution in [0.2, 0.25) is 12.1 Å². The van der Waals surface area contributed by atoms with E-state index in [1.165, 1.54) is 12.1 Å². The minimum absolute atomic E-state index is 0.127. The van der Waals surface area contributed by atoms with E-state index in [9.17, 15) is 0 Å². The molecule has 30 valence electrons. The zero-order chi connectivity index (χ0) is 3.70. The van der Waals surface area contributed by atoms with E-state index in [2.05, 4.69) is 0 Å². The molecule has 1 aliphatic heterocycles. The minimum Gasteiger partial charge on any atom is -0.394 e. The second kappa shape index (κ2) is 1.10. The van der Waals surface area contributed by atoms with Gasteiger partial charge in [-0.25, -0.2) is 0 Å². The number of aliphatic hydroxyl groups is 1. The molecule has 1 heterocycles. The van der Waals surface area contributed by atoms with Gasteiger partial charge in [0.05, 0.1) is 0 Å². The first-order valence-corrected chi connectivity index (χ1v) is 4.07. The zero-order valence-electron chi connectivity index (χ0n) is 3.15. The average Bonchev–Trinajstić information content (AvgIpc) is 1.30. The fourth-order valence-corrected chi connectivity index (χ4v) is 1.16. The van der Waals surface area contributed by atoms with Crippen molar-refractivity contribution in [2.24, 2.45) is 0 Å². The summed E-state index contributed by atoms with van der Waals surface area (Å²) in [4.78, 5) is 0. The van der Waals surface area contributed by atoms with Crippen LogP contribution in [0.25, 0.3) is 0 Å². The smallest absolute Gasteiger partial charge is 0.0483 e. The first kappa shape index (κ1) is 3.37. The van der Waals surface area contributed by atoms with Crippen LogP contribution in [0, 0.1) is 0 Å². The first-order chi connectivity index (χ1) is 2.39. The third-order valence-corrected chi connectivity index (χ3v) is 3.22. The highest BCUT2D eigenvalue weighted by molar-refractivity contribution is 6.39. The summed E-state index contributed by atoms with van der Waals surface area (Å²) in [7, 11) is 0.307. The molecule has 1 aliphatic rings. The molecule has 0 radical (unpaired) electrons. The van der Waals surface area contributed by atoms with Crippen molar-refractivity contribution in [1.29, 1.82) is 0 Å². The third-order valence-electron chi connectivity index (χ3n) is 1.07. The average molecular weight is 88.2 g/mol. The van der Waals surface area contributed by atoms with Crippen LogP contribution in [0.3, 0.4) is 0 Å². The summed E-state index contributed by atoms with van der Waals surface area (Å²) in [5, 5.41) is 8.48. The molecule has 1 saturated heterocycles. The lowest BCUT2D eigenvalue weighted by molar-refractivity contribution is 0.198. The maximum atomic E-state index is 8.48. The summed E-state index contributed by atoms with van der Waals surface area (Å²) in [5.41, 5.74) is 0. The highest BCUT2D eigenvalue weighted by Crippen LogP contribution is 2.09. The van der Waals surface area contributed by atoms with Crippen LogP contribution in [0.1, 0.15) is 0 Å². The molecular weight excluding hydrogens is 80.1 g/mol. The summed E-state index contributed by atoms with van der Waals surface area (Å²) in [5.74, 6) is 0. The number of rotatable bonds is 0. The van der Waals surface area contributed by atoms with Crippen molar-refractivity contribution in [3.05, 3.63) is 0 Å². The summed E-state index contributed by atoms with van der Waals surface area (Å²) in [6, 6.07) is 2.36. The van der Waals surface area contributed by atoms with E-state index in [1.54, 1.807) is 0 Å². The normalized spacial score (nSPS) is 41.4. The molecule has 0 aromatic carbocycles. The van der Waals surface area contributed by atoms with Crippen LogP contribution in [0.4, 0.5) is 0 Å². The van der Waals surface area contributed by atoms with Gasteiger partial charge in [0.25, 0.3) is 0 Å². The molecule has 0 spiro atoms. The van der Waals surface area contributed by atoms with E-state index in [-0.39, 0.29) is 6.10 Å². The van der Waals surface area contributed by atoms with Crippen LogP contribution in [0.15, 0.2) is 0 Å². The van der Waals surface area contributed by atoms with Crippen molar-refractivity contribution in [3.63, 3.8) is 0 Å². The number of hydrogen-bond donors (Lipinski definition) is 1. The number of hydrogen-bond acceptors (Lipinski definition) is 1. The minimum atomic E-state index is 0.127. The van der Waals surface area contributed by atoms with Gasteiger partial charge in [-0.05, 0) is 12.1 Å². The molecule has 0 saturated carbocycles. The van der Waals surface area contributed by atoms with E-state index >= 15 is 0 Å². The summed E-state index contributed by atoms with van der Waals surface area (Å²) < 4.78 is 0. The van der Waals surface area contributed by atoms with Crippen LogP contribution in [-0.4, -0.2) is 20.7 Å². The quantitative estimate of drug-likeness (QED) is 0.391. The maximum absolute atomic E-state index is 8.48. The van der Waals surface area contributed by atoms with Crippen LogP contribution >= 0.6 is 0 Å². The molecule has 0 atom stereocenters. The Morgan fingerprint density at radius 2 is 2.00 bits per heavy atom. The Kier molecular flexibility index (Phi) is 0.745. The molecule has 1 N–H and O–H groups in total. The molecule has 2 heteroatoms. The van der Waals surface area contributed by atoms with E-state index in [0.29, 0.717) is 9.52 Å². The monoisotopic (exact) mass is 88.0 g/mol. The van der Waals surface area contributed by atoms with Gasteiger partial charge in [-0.3, -0.25) is 0 Å². The fraction of sp³-hybridized carbons (Fsp3) is 1.00. The molecule has 0 bridgehead atoms. The van der Waals surface area contributed by atoms with Crippen molar-refractivity contribution in [2.75, 3.05) is 0 Å². The van der Waals surface area contributed by atoms with Gasteiger partial charge in [0.1, 0.15) is 0 Å². The van der Waals surface area contributed by atoms with E-state index < -0.39 is 0 Å². The Hall–Kier alpha value is 0.177. The predicted octanol–water partition coefficient (Wildman–Crippen LogP) is -0.634. The second-order valence-electron chi connectivity index (χ2n) is 1.58. The Bertz CT molecular complexity index is 33.9. The Balaban J connectivity index is 2.08. The van der Waals surface area contributed by atoms with Gasteiger partial charge in [0.15, 0.2) is 0 Å². The van der Waals surface area contributed by atoms with Crippen LogP contribution in [-0.2, 0) is 0 Å². The molecule has 0 aromatic rings. The molecule has 0 aliphatic carbocycles. The van der Waals surface area contributed by atoms with Crippen molar-refractivity contribution in [2.45, 2.75) is 18.2 Å². The Morgan fingerprint density at radius 3 is 2.00 bits per heavy atom. The Morgan fingerprint density at radius 1 is 1.60 bits per heavy atom. The van der Waals surface area contributed by atoms with Crippen molar-refractivity contribution >= 4 is 9.52 Å². The highest BCUT2D eigenvalue weighted by atomic mass is 28.2. The lowest BCUT2D eigenvalue weighted by Crippen LogP contribution is -2.21. The summed E-state index contributed by atoms with van der Waals surface area (Å²) in [6.45, 7) is 0. The highest BCUT2D eigenvalue weighted by Gasteiger charge is 2.12. The van der Waals surface area contributed by atoms with Gasteiger partial charge in [0.2, 0.25) is 0 Å². The maximum Gasteiger partial charge on any atom is 0.0483 e. The van der Waals surface area contributed by atoms with Crippen LogP contribution in [0.5, 0.6) is 0 Å². The standard InChI is InChI=1S/C3H8OSi/c4-3-1-5-2-3/h3-4H,1-2,5H2. The van der Waals surface area contributed by atoms with Crippen molar-refractivity contribution in [3.8, 4) is 0 Å². The van der Waals surface area contributed by atoms with E-state index in [4.69, 9.17) is 5.11 Å². The second-order valence-corrected chi connectivity index (χ2v) is 3.45. The summed E-state index contributed by atoms with van der Waals surface area (Å²) in [6.07, 6.45) is 0.127. The molecule has 5 heavy (non-hydrogen) atoms. The summed E-state index contributed by atoms with van der Waals surface area (Å²) >= 11 is 0. The van der Waals surface area contributed by atoms with Gasteiger partial charge >= 0.3 is 0 Å². The molecule has 0 amide bonds. The fourth-order valence-electron chi connectivity index (χ4n) is 0.387. The van der Waals surface area contributed by atoms with Crippen LogP contribution < -0.4 is 0 Å². The van der Waals surface area contributed by atoms with Crippen molar-refractivity contribution in [1.82, 2.24) is 0 Å². The van der Waals surface area contributed by atoms with Crippen molar-refractivity contribution < 1.29 is 5.11 Å². The Labute approximate surface area is 33.8 Å². The largest absolute Gasteiger partial charge is 0.394 e.